The fourth-order valence-electron chi connectivity index (χ4n) is 1.28. The van der Waals surface area contributed by atoms with E-state index in [9.17, 15) is 0 Å². The van der Waals surface area contributed by atoms with Crippen LogP contribution < -0.4 is 10.1 Å². The highest BCUT2D eigenvalue weighted by molar-refractivity contribution is 5.19. The maximum atomic E-state index is 5.03. The van der Waals surface area contributed by atoms with Gasteiger partial charge in [-0.1, -0.05) is 6.07 Å². The highest BCUT2D eigenvalue weighted by atomic mass is 16.5. The Kier molecular flexibility index (Phi) is 1.96. The van der Waals surface area contributed by atoms with Gasteiger partial charge in [0, 0.05) is 6.07 Å². The number of nitrogens with one attached hydrogen (secondary N) is 1. The number of ether oxygens (including phenoxy) is 1. The molecule has 1 aromatic rings. The lowest BCUT2D eigenvalue weighted by Gasteiger charge is -2.26. The average Bonchev–Trinajstić information content (AvgIpc) is 2.02. The van der Waals surface area contributed by atoms with Gasteiger partial charge < -0.3 is 10.1 Å². The lowest BCUT2D eigenvalue weighted by Crippen LogP contribution is -2.35. The third-order valence-corrected chi connectivity index (χ3v) is 2.13. The van der Waals surface area contributed by atoms with Crippen molar-refractivity contribution in [3.05, 3.63) is 23.9 Å². The number of methoxy groups -OCH3 is 1. The number of pyridine rings is 1. The van der Waals surface area contributed by atoms with Crippen LogP contribution in [-0.4, -0.2) is 18.6 Å². The summed E-state index contributed by atoms with van der Waals surface area (Å²) in [5.41, 5.74) is 1.08. The van der Waals surface area contributed by atoms with Crippen LogP contribution in [0.2, 0.25) is 0 Å². The molecule has 1 aliphatic heterocycles. The largest absolute Gasteiger partial charge is 0.481 e. The first-order valence-electron chi connectivity index (χ1n) is 4.14. The van der Waals surface area contributed by atoms with Crippen LogP contribution in [-0.2, 0) is 0 Å². The Bertz CT molecular complexity index is 271. The number of aromatic nitrogens is 1. The molecule has 1 aromatic heterocycles. The summed E-state index contributed by atoms with van der Waals surface area (Å²) >= 11 is 0. The standard InChI is InChI=1S/C9H12N2O/c1-12-9-4-2-3-8(11-9)7-5-6-10-7/h2-4,7,10H,5-6H2,1H3. The average molecular weight is 164 g/mol. The molecule has 3 heteroatoms. The molecule has 1 unspecified atom stereocenters. The van der Waals surface area contributed by atoms with Crippen molar-refractivity contribution in [3.8, 4) is 5.88 Å². The van der Waals surface area contributed by atoms with Crippen molar-refractivity contribution in [2.24, 2.45) is 0 Å². The molecule has 1 N–H and O–H groups in total. The van der Waals surface area contributed by atoms with Crippen LogP contribution in [0.15, 0.2) is 18.2 Å². The van der Waals surface area contributed by atoms with Crippen molar-refractivity contribution in [1.29, 1.82) is 0 Å². The first-order valence-corrected chi connectivity index (χ1v) is 4.14. The second kappa shape index (κ2) is 3.11. The summed E-state index contributed by atoms with van der Waals surface area (Å²) in [7, 11) is 1.64. The Morgan fingerprint density at radius 1 is 1.58 bits per heavy atom. The molecule has 0 radical (unpaired) electrons. The van der Waals surface area contributed by atoms with Crippen molar-refractivity contribution in [2.45, 2.75) is 12.5 Å². The Hall–Kier alpha value is -1.09. The number of hydrogen-bond acceptors (Lipinski definition) is 3. The van der Waals surface area contributed by atoms with Gasteiger partial charge in [-0.15, -0.1) is 0 Å². The van der Waals surface area contributed by atoms with E-state index >= 15 is 0 Å². The van der Waals surface area contributed by atoms with Crippen LogP contribution in [0.1, 0.15) is 18.2 Å². The molecule has 0 amide bonds. The molecule has 64 valence electrons. The molecule has 1 aliphatic rings. The summed E-state index contributed by atoms with van der Waals surface area (Å²) in [5, 5.41) is 3.30. The molecule has 0 saturated carbocycles. The molecule has 0 aliphatic carbocycles. The predicted octanol–water partition coefficient (Wildman–Crippen LogP) is 1.12. The summed E-state index contributed by atoms with van der Waals surface area (Å²) in [6.07, 6.45) is 1.18. The monoisotopic (exact) mass is 164 g/mol. The summed E-state index contributed by atoms with van der Waals surface area (Å²) in [6.45, 7) is 1.10. The first-order chi connectivity index (χ1) is 5.90. The molecular formula is C9H12N2O. The third kappa shape index (κ3) is 1.28. The van der Waals surface area contributed by atoms with Gasteiger partial charge in [-0.2, -0.15) is 0 Å². The lowest BCUT2D eigenvalue weighted by molar-refractivity contribution is 0.360. The minimum Gasteiger partial charge on any atom is -0.481 e. The molecule has 1 saturated heterocycles. The van der Waals surface area contributed by atoms with Crippen molar-refractivity contribution in [2.75, 3.05) is 13.7 Å². The van der Waals surface area contributed by atoms with E-state index in [1.807, 2.05) is 18.2 Å². The Morgan fingerprint density at radius 3 is 3.00 bits per heavy atom. The second-order valence-electron chi connectivity index (χ2n) is 2.90. The normalized spacial score (nSPS) is 21.6. The van der Waals surface area contributed by atoms with Crippen molar-refractivity contribution < 1.29 is 4.74 Å². The van der Waals surface area contributed by atoms with E-state index in [-0.39, 0.29) is 0 Å². The van der Waals surface area contributed by atoms with E-state index in [0.717, 1.165) is 12.2 Å². The van der Waals surface area contributed by atoms with E-state index in [1.54, 1.807) is 7.11 Å². The van der Waals surface area contributed by atoms with E-state index in [2.05, 4.69) is 10.3 Å². The molecule has 0 aromatic carbocycles. The number of nitrogens with zero attached hydrogens (tertiary/aromatic N) is 1. The molecule has 12 heavy (non-hydrogen) atoms. The fourth-order valence-corrected chi connectivity index (χ4v) is 1.28. The Morgan fingerprint density at radius 2 is 2.42 bits per heavy atom. The summed E-state index contributed by atoms with van der Waals surface area (Å²) < 4.78 is 5.03. The summed E-state index contributed by atoms with van der Waals surface area (Å²) in [4.78, 5) is 4.33. The molecule has 0 spiro atoms. The lowest BCUT2D eigenvalue weighted by atomic mass is 10.0. The molecule has 2 heterocycles. The second-order valence-corrected chi connectivity index (χ2v) is 2.90. The van der Waals surface area contributed by atoms with Gasteiger partial charge in [0.2, 0.25) is 5.88 Å². The van der Waals surface area contributed by atoms with Crippen LogP contribution in [0.5, 0.6) is 5.88 Å². The van der Waals surface area contributed by atoms with Crippen LogP contribution in [0.4, 0.5) is 0 Å². The SMILES string of the molecule is COc1cccc(C2CCN2)n1. The highest BCUT2D eigenvalue weighted by Crippen LogP contribution is 2.22. The molecule has 2 rings (SSSR count). The number of rotatable bonds is 2. The molecular weight excluding hydrogens is 152 g/mol. The topological polar surface area (TPSA) is 34.1 Å². The molecule has 1 fully saturated rings. The maximum Gasteiger partial charge on any atom is 0.213 e. The summed E-state index contributed by atoms with van der Waals surface area (Å²) in [6, 6.07) is 6.31. The van der Waals surface area contributed by atoms with Gasteiger partial charge in [0.15, 0.2) is 0 Å². The van der Waals surface area contributed by atoms with Gasteiger partial charge in [-0.3, -0.25) is 0 Å². The van der Waals surface area contributed by atoms with Crippen LogP contribution in [0.25, 0.3) is 0 Å². The van der Waals surface area contributed by atoms with Crippen molar-refractivity contribution in [3.63, 3.8) is 0 Å². The van der Waals surface area contributed by atoms with Crippen molar-refractivity contribution >= 4 is 0 Å². The van der Waals surface area contributed by atoms with Gasteiger partial charge in [-0.05, 0) is 19.0 Å². The fraction of sp³-hybridized carbons (Fsp3) is 0.444. The van der Waals surface area contributed by atoms with E-state index < -0.39 is 0 Å². The quantitative estimate of drug-likeness (QED) is 0.711. The van der Waals surface area contributed by atoms with E-state index in [1.165, 1.54) is 6.42 Å². The van der Waals surface area contributed by atoms with Gasteiger partial charge >= 0.3 is 0 Å². The minimum atomic E-state index is 0.445. The van der Waals surface area contributed by atoms with Crippen LogP contribution in [0.3, 0.4) is 0 Å². The molecule has 3 nitrogen and oxygen atoms in total. The zero-order chi connectivity index (χ0) is 8.39. The Labute approximate surface area is 71.8 Å². The Balaban J connectivity index is 2.19. The third-order valence-electron chi connectivity index (χ3n) is 2.13. The van der Waals surface area contributed by atoms with Crippen LogP contribution in [0, 0.1) is 0 Å². The summed E-state index contributed by atoms with van der Waals surface area (Å²) in [5.74, 6) is 0.696. The van der Waals surface area contributed by atoms with Crippen LogP contribution >= 0.6 is 0 Å². The first kappa shape index (κ1) is 7.55. The van der Waals surface area contributed by atoms with Gasteiger partial charge in [0.1, 0.15) is 0 Å². The van der Waals surface area contributed by atoms with Gasteiger partial charge in [-0.25, -0.2) is 4.98 Å². The van der Waals surface area contributed by atoms with E-state index in [4.69, 9.17) is 4.74 Å². The molecule has 1 atom stereocenters. The highest BCUT2D eigenvalue weighted by Gasteiger charge is 2.19. The predicted molar refractivity (Wildman–Crippen MR) is 46.1 cm³/mol. The maximum absolute atomic E-state index is 5.03. The van der Waals surface area contributed by atoms with Gasteiger partial charge in [0.25, 0.3) is 0 Å². The van der Waals surface area contributed by atoms with Crippen molar-refractivity contribution in [1.82, 2.24) is 10.3 Å². The number of hydrogen-bond donors (Lipinski definition) is 1. The minimum absolute atomic E-state index is 0.445. The van der Waals surface area contributed by atoms with Gasteiger partial charge in [0.05, 0.1) is 18.8 Å². The smallest absolute Gasteiger partial charge is 0.213 e. The van der Waals surface area contributed by atoms with E-state index in [0.29, 0.717) is 11.9 Å². The zero-order valence-corrected chi connectivity index (χ0v) is 7.08. The zero-order valence-electron chi connectivity index (χ0n) is 7.08. The molecule has 0 bridgehead atoms.